The van der Waals surface area contributed by atoms with Gasteiger partial charge in [0, 0.05) is 37.3 Å². The Bertz CT molecular complexity index is 605. The van der Waals surface area contributed by atoms with E-state index in [0.29, 0.717) is 6.54 Å². The standard InChI is InChI=1S/C21H31N3O/c1-3-23(4-2)18-10-8-17(9-11-18)20-19-7-5-6-12-21(19,25)13-15-24(20)16-14-22/h8-11,19-20,25H,3-7,12-13,15-16H2,1-2H3/t19-,20-,21-/m1/s1. The van der Waals surface area contributed by atoms with Gasteiger partial charge >= 0.3 is 0 Å². The van der Waals surface area contributed by atoms with Crippen molar-refractivity contribution in [2.75, 3.05) is 31.1 Å². The molecule has 1 N–H and O–H groups in total. The van der Waals surface area contributed by atoms with Gasteiger partial charge in [-0.25, -0.2) is 0 Å². The highest BCUT2D eigenvalue weighted by Crippen LogP contribution is 2.49. The molecule has 1 heterocycles. The second kappa shape index (κ2) is 7.76. The van der Waals surface area contributed by atoms with E-state index in [2.05, 4.69) is 54.0 Å². The van der Waals surface area contributed by atoms with Crippen molar-refractivity contribution in [3.05, 3.63) is 29.8 Å². The number of fused-ring (bicyclic) bond motifs is 1. The Balaban J connectivity index is 1.91. The second-order valence-corrected chi connectivity index (χ2v) is 7.54. The van der Waals surface area contributed by atoms with Crippen molar-refractivity contribution in [3.63, 3.8) is 0 Å². The summed E-state index contributed by atoms with van der Waals surface area (Å²) < 4.78 is 0. The third kappa shape index (κ3) is 3.54. The van der Waals surface area contributed by atoms with Gasteiger partial charge in [-0.15, -0.1) is 0 Å². The third-order valence-corrected chi connectivity index (χ3v) is 6.31. The molecular weight excluding hydrogens is 310 g/mol. The van der Waals surface area contributed by atoms with Crippen LogP contribution in [0, 0.1) is 17.2 Å². The molecule has 4 heteroatoms. The molecule has 1 aliphatic heterocycles. The summed E-state index contributed by atoms with van der Waals surface area (Å²) in [6, 6.07) is 11.3. The molecule has 0 aromatic heterocycles. The lowest BCUT2D eigenvalue weighted by Crippen LogP contribution is -2.54. The number of aliphatic hydroxyl groups is 1. The molecule has 136 valence electrons. The normalized spacial score (nSPS) is 29.7. The van der Waals surface area contributed by atoms with Crippen LogP contribution in [0.15, 0.2) is 24.3 Å². The van der Waals surface area contributed by atoms with Crippen LogP contribution in [-0.4, -0.2) is 41.8 Å². The number of nitrogens with zero attached hydrogens (tertiary/aromatic N) is 3. The first-order valence-corrected chi connectivity index (χ1v) is 9.81. The Morgan fingerprint density at radius 1 is 1.20 bits per heavy atom. The van der Waals surface area contributed by atoms with Crippen molar-refractivity contribution in [2.45, 2.75) is 57.6 Å². The SMILES string of the molecule is CCN(CC)c1ccc([C@@H]2[C@H]3CCCC[C@@]3(O)CCN2CC#N)cc1. The predicted molar refractivity (Wildman–Crippen MR) is 101 cm³/mol. The summed E-state index contributed by atoms with van der Waals surface area (Å²) in [5, 5.41) is 20.5. The number of piperidine rings is 1. The highest BCUT2D eigenvalue weighted by molar-refractivity contribution is 5.48. The molecule has 1 aromatic rings. The Labute approximate surface area is 152 Å². The fraction of sp³-hybridized carbons (Fsp3) is 0.667. The highest BCUT2D eigenvalue weighted by atomic mass is 16.3. The number of anilines is 1. The minimum atomic E-state index is -0.549. The first kappa shape index (κ1) is 18.2. The van der Waals surface area contributed by atoms with Crippen LogP contribution in [0.5, 0.6) is 0 Å². The third-order valence-electron chi connectivity index (χ3n) is 6.31. The number of hydrogen-bond donors (Lipinski definition) is 1. The summed E-state index contributed by atoms with van der Waals surface area (Å²) in [6.45, 7) is 7.60. The molecule has 1 saturated carbocycles. The Morgan fingerprint density at radius 3 is 2.56 bits per heavy atom. The lowest BCUT2D eigenvalue weighted by atomic mass is 9.66. The quantitative estimate of drug-likeness (QED) is 0.829. The van der Waals surface area contributed by atoms with E-state index in [0.717, 1.165) is 45.3 Å². The lowest BCUT2D eigenvalue weighted by Gasteiger charge is -2.52. The van der Waals surface area contributed by atoms with Crippen LogP contribution in [0.2, 0.25) is 0 Å². The minimum absolute atomic E-state index is 0.157. The van der Waals surface area contributed by atoms with Crippen molar-refractivity contribution < 1.29 is 5.11 Å². The molecule has 0 radical (unpaired) electrons. The Hall–Kier alpha value is -1.57. The van der Waals surface area contributed by atoms with Crippen LogP contribution in [0.1, 0.15) is 57.6 Å². The van der Waals surface area contributed by atoms with Crippen molar-refractivity contribution in [1.82, 2.24) is 4.90 Å². The molecule has 0 spiro atoms. The number of rotatable bonds is 5. The van der Waals surface area contributed by atoms with Crippen LogP contribution in [-0.2, 0) is 0 Å². The summed E-state index contributed by atoms with van der Waals surface area (Å²) in [5.74, 6) is 0.239. The molecule has 1 aromatic carbocycles. The van der Waals surface area contributed by atoms with Crippen LogP contribution in [0.3, 0.4) is 0 Å². The van der Waals surface area contributed by atoms with Crippen LogP contribution in [0.4, 0.5) is 5.69 Å². The zero-order valence-electron chi connectivity index (χ0n) is 15.6. The van der Waals surface area contributed by atoms with Crippen LogP contribution in [0.25, 0.3) is 0 Å². The average molecular weight is 341 g/mol. The van der Waals surface area contributed by atoms with Gasteiger partial charge < -0.3 is 10.0 Å². The molecule has 3 atom stereocenters. The van der Waals surface area contributed by atoms with Gasteiger partial charge in [0.1, 0.15) is 0 Å². The van der Waals surface area contributed by atoms with E-state index in [4.69, 9.17) is 0 Å². The Morgan fingerprint density at radius 2 is 1.92 bits per heavy atom. The van der Waals surface area contributed by atoms with E-state index in [9.17, 15) is 10.4 Å². The van der Waals surface area contributed by atoms with Gasteiger partial charge in [0.2, 0.25) is 0 Å². The first-order valence-electron chi connectivity index (χ1n) is 9.81. The monoisotopic (exact) mass is 341 g/mol. The smallest absolute Gasteiger partial charge is 0.0871 e. The molecule has 2 aliphatic rings. The molecule has 0 amide bonds. The van der Waals surface area contributed by atoms with E-state index in [1.165, 1.54) is 17.7 Å². The molecule has 0 bridgehead atoms. The van der Waals surface area contributed by atoms with Crippen LogP contribution >= 0.6 is 0 Å². The average Bonchev–Trinajstić information content (AvgIpc) is 2.64. The van der Waals surface area contributed by atoms with Gasteiger partial charge in [-0.1, -0.05) is 25.0 Å². The van der Waals surface area contributed by atoms with E-state index in [1.807, 2.05) is 0 Å². The molecule has 1 saturated heterocycles. The van der Waals surface area contributed by atoms with E-state index in [-0.39, 0.29) is 12.0 Å². The molecule has 1 aliphatic carbocycles. The predicted octanol–water partition coefficient (Wildman–Crippen LogP) is 3.72. The lowest BCUT2D eigenvalue weighted by molar-refractivity contribution is -0.121. The van der Waals surface area contributed by atoms with Gasteiger partial charge in [0.25, 0.3) is 0 Å². The van der Waals surface area contributed by atoms with Crippen molar-refractivity contribution in [3.8, 4) is 6.07 Å². The molecular formula is C21H31N3O. The largest absolute Gasteiger partial charge is 0.389 e. The second-order valence-electron chi connectivity index (χ2n) is 7.54. The molecule has 4 nitrogen and oxygen atoms in total. The van der Waals surface area contributed by atoms with E-state index >= 15 is 0 Å². The minimum Gasteiger partial charge on any atom is -0.389 e. The van der Waals surface area contributed by atoms with Gasteiger partial charge in [-0.05, 0) is 50.8 Å². The number of hydrogen-bond acceptors (Lipinski definition) is 4. The fourth-order valence-corrected chi connectivity index (χ4v) is 4.92. The van der Waals surface area contributed by atoms with Crippen molar-refractivity contribution >= 4 is 5.69 Å². The maximum absolute atomic E-state index is 11.2. The first-order chi connectivity index (χ1) is 12.1. The van der Waals surface area contributed by atoms with E-state index < -0.39 is 5.60 Å². The summed E-state index contributed by atoms with van der Waals surface area (Å²) in [6.07, 6.45) is 5.07. The summed E-state index contributed by atoms with van der Waals surface area (Å²) in [7, 11) is 0. The number of nitriles is 1. The number of benzene rings is 1. The van der Waals surface area contributed by atoms with Gasteiger partial charge in [0.15, 0.2) is 0 Å². The maximum atomic E-state index is 11.2. The highest BCUT2D eigenvalue weighted by Gasteiger charge is 2.48. The van der Waals surface area contributed by atoms with Gasteiger partial charge in [-0.3, -0.25) is 4.90 Å². The van der Waals surface area contributed by atoms with Crippen LogP contribution < -0.4 is 4.90 Å². The Kier molecular flexibility index (Phi) is 5.66. The van der Waals surface area contributed by atoms with E-state index in [1.54, 1.807) is 0 Å². The van der Waals surface area contributed by atoms with Gasteiger partial charge in [0.05, 0.1) is 18.2 Å². The number of likely N-dealkylation sites (tertiary alicyclic amines) is 1. The zero-order valence-corrected chi connectivity index (χ0v) is 15.6. The molecule has 0 unspecified atom stereocenters. The van der Waals surface area contributed by atoms with Crippen molar-refractivity contribution in [1.29, 1.82) is 5.26 Å². The maximum Gasteiger partial charge on any atom is 0.0871 e. The van der Waals surface area contributed by atoms with Crippen molar-refractivity contribution in [2.24, 2.45) is 5.92 Å². The summed E-state index contributed by atoms with van der Waals surface area (Å²) in [5.41, 5.74) is 1.94. The fourth-order valence-electron chi connectivity index (χ4n) is 4.92. The van der Waals surface area contributed by atoms with Gasteiger partial charge in [-0.2, -0.15) is 5.26 Å². The zero-order chi connectivity index (χ0) is 17.9. The summed E-state index contributed by atoms with van der Waals surface area (Å²) >= 11 is 0. The molecule has 2 fully saturated rings. The molecule has 25 heavy (non-hydrogen) atoms. The topological polar surface area (TPSA) is 50.5 Å². The molecule has 3 rings (SSSR count). The summed E-state index contributed by atoms with van der Waals surface area (Å²) in [4.78, 5) is 4.62.